The normalized spacial score (nSPS) is 11.0. The molecule has 0 aromatic heterocycles. The first-order valence-electron chi connectivity index (χ1n) is 7.18. The molecule has 1 nitrogen and oxygen atoms in total. The van der Waals surface area contributed by atoms with Gasteiger partial charge in [0.1, 0.15) is 5.82 Å². The SMILES string of the molecule is Cc1cc(F)ccc1N=Cc1ccc(-c2ccccc2)cc1. The lowest BCUT2D eigenvalue weighted by Crippen LogP contribution is -1.83. The molecule has 0 radical (unpaired) electrons. The monoisotopic (exact) mass is 289 g/mol. The van der Waals surface area contributed by atoms with E-state index in [1.54, 1.807) is 12.3 Å². The van der Waals surface area contributed by atoms with Crippen LogP contribution in [-0.2, 0) is 0 Å². The summed E-state index contributed by atoms with van der Waals surface area (Å²) in [4.78, 5) is 4.43. The number of benzene rings is 3. The molecule has 0 spiro atoms. The van der Waals surface area contributed by atoms with Crippen molar-refractivity contribution in [2.45, 2.75) is 6.92 Å². The van der Waals surface area contributed by atoms with E-state index < -0.39 is 0 Å². The Balaban J connectivity index is 1.80. The number of aliphatic imine (C=N–C) groups is 1. The highest BCUT2D eigenvalue weighted by molar-refractivity contribution is 5.83. The average molecular weight is 289 g/mol. The summed E-state index contributed by atoms with van der Waals surface area (Å²) < 4.78 is 13.1. The van der Waals surface area contributed by atoms with Crippen LogP contribution in [0.25, 0.3) is 11.1 Å². The smallest absolute Gasteiger partial charge is 0.123 e. The van der Waals surface area contributed by atoms with Crippen LogP contribution in [0.1, 0.15) is 11.1 Å². The quantitative estimate of drug-likeness (QED) is 0.560. The van der Waals surface area contributed by atoms with Gasteiger partial charge < -0.3 is 0 Å². The predicted octanol–water partition coefficient (Wildman–Crippen LogP) is 5.55. The van der Waals surface area contributed by atoms with Crippen LogP contribution in [-0.4, -0.2) is 6.21 Å². The molecule has 0 aliphatic heterocycles. The number of halogens is 1. The molecular weight excluding hydrogens is 273 g/mol. The molecule has 0 aliphatic carbocycles. The van der Waals surface area contributed by atoms with Gasteiger partial charge in [-0.2, -0.15) is 0 Å². The van der Waals surface area contributed by atoms with Gasteiger partial charge in [0.05, 0.1) is 5.69 Å². The van der Waals surface area contributed by atoms with E-state index in [0.29, 0.717) is 0 Å². The molecular formula is C20H16FN. The molecule has 0 saturated carbocycles. The van der Waals surface area contributed by atoms with Crippen molar-refractivity contribution in [3.05, 3.63) is 89.7 Å². The molecule has 2 heteroatoms. The fourth-order valence-corrected chi connectivity index (χ4v) is 2.30. The van der Waals surface area contributed by atoms with Gasteiger partial charge in [-0.3, -0.25) is 4.99 Å². The van der Waals surface area contributed by atoms with Gasteiger partial charge in [0.25, 0.3) is 0 Å². The molecule has 3 rings (SSSR count). The van der Waals surface area contributed by atoms with Gasteiger partial charge in [0.15, 0.2) is 0 Å². The lowest BCUT2D eigenvalue weighted by molar-refractivity contribution is 0.627. The molecule has 3 aromatic carbocycles. The summed E-state index contributed by atoms with van der Waals surface area (Å²) in [5, 5.41) is 0. The standard InChI is InChI=1S/C20H16FN/c1-15-13-19(21)11-12-20(15)22-14-16-7-9-18(10-8-16)17-5-3-2-4-6-17/h2-14H,1H3. The molecule has 0 fully saturated rings. The van der Waals surface area contributed by atoms with Gasteiger partial charge in [0.2, 0.25) is 0 Å². The van der Waals surface area contributed by atoms with E-state index >= 15 is 0 Å². The van der Waals surface area contributed by atoms with E-state index in [9.17, 15) is 4.39 Å². The molecule has 22 heavy (non-hydrogen) atoms. The second kappa shape index (κ2) is 6.35. The van der Waals surface area contributed by atoms with Crippen LogP contribution < -0.4 is 0 Å². The Morgan fingerprint density at radius 3 is 2.18 bits per heavy atom. The summed E-state index contributed by atoms with van der Waals surface area (Å²) in [5.74, 6) is -0.233. The van der Waals surface area contributed by atoms with Crippen molar-refractivity contribution in [1.29, 1.82) is 0 Å². The van der Waals surface area contributed by atoms with E-state index in [4.69, 9.17) is 0 Å². The first kappa shape index (κ1) is 14.2. The predicted molar refractivity (Wildman–Crippen MR) is 90.3 cm³/mol. The number of hydrogen-bond acceptors (Lipinski definition) is 1. The topological polar surface area (TPSA) is 12.4 Å². The Hall–Kier alpha value is -2.74. The van der Waals surface area contributed by atoms with Crippen LogP contribution >= 0.6 is 0 Å². The second-order valence-corrected chi connectivity index (χ2v) is 5.18. The summed E-state index contributed by atoms with van der Waals surface area (Å²) in [7, 11) is 0. The van der Waals surface area contributed by atoms with Crippen LogP contribution in [0.4, 0.5) is 10.1 Å². The number of rotatable bonds is 3. The fourth-order valence-electron chi connectivity index (χ4n) is 2.30. The lowest BCUT2D eigenvalue weighted by atomic mass is 10.0. The van der Waals surface area contributed by atoms with E-state index in [0.717, 1.165) is 16.8 Å². The molecule has 0 amide bonds. The van der Waals surface area contributed by atoms with E-state index in [2.05, 4.69) is 29.3 Å². The van der Waals surface area contributed by atoms with Gasteiger partial charge in [-0.1, -0.05) is 54.6 Å². The van der Waals surface area contributed by atoms with Crippen molar-refractivity contribution < 1.29 is 4.39 Å². The molecule has 3 aromatic rings. The van der Waals surface area contributed by atoms with Crippen LogP contribution in [0.5, 0.6) is 0 Å². The van der Waals surface area contributed by atoms with E-state index in [1.165, 1.54) is 23.3 Å². The molecule has 0 N–H and O–H groups in total. The number of aryl methyl sites for hydroxylation is 1. The summed E-state index contributed by atoms with van der Waals surface area (Å²) in [6.45, 7) is 1.86. The lowest BCUT2D eigenvalue weighted by Gasteiger charge is -2.02. The van der Waals surface area contributed by atoms with Gasteiger partial charge in [-0.05, 0) is 47.4 Å². The highest BCUT2D eigenvalue weighted by Gasteiger charge is 1.98. The molecule has 0 saturated heterocycles. The average Bonchev–Trinajstić information content (AvgIpc) is 2.55. The summed E-state index contributed by atoms with van der Waals surface area (Å²) >= 11 is 0. The van der Waals surface area contributed by atoms with Crippen molar-refractivity contribution in [3.8, 4) is 11.1 Å². The third-order valence-electron chi connectivity index (χ3n) is 3.53. The first-order valence-corrected chi connectivity index (χ1v) is 7.18. The van der Waals surface area contributed by atoms with Crippen molar-refractivity contribution in [2.75, 3.05) is 0 Å². The second-order valence-electron chi connectivity index (χ2n) is 5.18. The third kappa shape index (κ3) is 3.29. The van der Waals surface area contributed by atoms with Gasteiger partial charge in [-0.25, -0.2) is 4.39 Å². The van der Waals surface area contributed by atoms with E-state index in [1.807, 2.05) is 37.3 Å². The summed E-state index contributed by atoms with van der Waals surface area (Å²) in [6, 6.07) is 23.1. The largest absolute Gasteiger partial charge is 0.256 e. The molecule has 108 valence electrons. The Labute approximate surface area is 129 Å². The van der Waals surface area contributed by atoms with Crippen LogP contribution in [0.2, 0.25) is 0 Å². The van der Waals surface area contributed by atoms with Gasteiger partial charge in [0, 0.05) is 6.21 Å². The Morgan fingerprint density at radius 2 is 1.50 bits per heavy atom. The first-order chi connectivity index (χ1) is 10.7. The van der Waals surface area contributed by atoms with Gasteiger partial charge >= 0.3 is 0 Å². The Morgan fingerprint density at radius 1 is 0.818 bits per heavy atom. The molecule has 0 bridgehead atoms. The highest BCUT2D eigenvalue weighted by Crippen LogP contribution is 2.21. The maximum Gasteiger partial charge on any atom is 0.123 e. The minimum Gasteiger partial charge on any atom is -0.256 e. The molecule has 0 heterocycles. The van der Waals surface area contributed by atoms with Crippen LogP contribution in [0.3, 0.4) is 0 Å². The van der Waals surface area contributed by atoms with Crippen molar-refractivity contribution >= 4 is 11.9 Å². The third-order valence-corrected chi connectivity index (χ3v) is 3.53. The molecule has 0 unspecified atom stereocenters. The van der Waals surface area contributed by atoms with Crippen molar-refractivity contribution in [3.63, 3.8) is 0 Å². The van der Waals surface area contributed by atoms with Crippen molar-refractivity contribution in [2.24, 2.45) is 4.99 Å². The minimum atomic E-state index is -0.233. The zero-order valence-corrected chi connectivity index (χ0v) is 12.3. The maximum absolute atomic E-state index is 13.1. The zero-order valence-electron chi connectivity index (χ0n) is 12.3. The molecule has 0 atom stereocenters. The van der Waals surface area contributed by atoms with Crippen LogP contribution in [0, 0.1) is 12.7 Å². The summed E-state index contributed by atoms with van der Waals surface area (Å²) in [6.07, 6.45) is 1.80. The number of nitrogens with zero attached hydrogens (tertiary/aromatic N) is 1. The Kier molecular flexibility index (Phi) is 4.10. The Bertz CT molecular complexity index is 790. The van der Waals surface area contributed by atoms with E-state index in [-0.39, 0.29) is 5.82 Å². The zero-order chi connectivity index (χ0) is 15.4. The number of hydrogen-bond donors (Lipinski definition) is 0. The molecule has 0 aliphatic rings. The van der Waals surface area contributed by atoms with Crippen molar-refractivity contribution in [1.82, 2.24) is 0 Å². The van der Waals surface area contributed by atoms with Crippen LogP contribution in [0.15, 0.2) is 77.8 Å². The fraction of sp³-hybridized carbons (Fsp3) is 0.0500. The summed E-state index contributed by atoms with van der Waals surface area (Å²) in [5.41, 5.74) is 5.00. The minimum absolute atomic E-state index is 0.233. The highest BCUT2D eigenvalue weighted by atomic mass is 19.1. The van der Waals surface area contributed by atoms with Gasteiger partial charge in [-0.15, -0.1) is 0 Å². The maximum atomic E-state index is 13.1.